The minimum atomic E-state index is -0.992. The molecule has 3 heterocycles. The van der Waals surface area contributed by atoms with Gasteiger partial charge in [-0.05, 0) is 30.2 Å². The summed E-state index contributed by atoms with van der Waals surface area (Å²) in [6.45, 7) is 3.10. The minimum Gasteiger partial charge on any atom is -0.480 e. The van der Waals surface area contributed by atoms with Crippen molar-refractivity contribution < 1.29 is 29.2 Å². The van der Waals surface area contributed by atoms with Crippen LogP contribution in [0, 0.1) is 6.92 Å². The van der Waals surface area contributed by atoms with Crippen molar-refractivity contribution in [3.63, 3.8) is 0 Å². The zero-order valence-corrected chi connectivity index (χ0v) is 26.2. The fraction of sp³-hybridized carbons (Fsp3) is 0.407. The van der Waals surface area contributed by atoms with E-state index < -0.39 is 18.0 Å². The normalized spacial score (nSPS) is 18.9. The quantitative estimate of drug-likeness (QED) is 0.186. The Morgan fingerprint density at radius 2 is 2.00 bits per heavy atom. The van der Waals surface area contributed by atoms with Crippen molar-refractivity contribution in [3.05, 3.63) is 63.5 Å². The van der Waals surface area contributed by atoms with Crippen molar-refractivity contribution in [2.75, 3.05) is 23.8 Å². The number of carbonyl (C=O) groups excluding carboxylic acids is 1. The van der Waals surface area contributed by atoms with E-state index >= 15 is 0 Å². The molecule has 1 aromatic carbocycles. The molecule has 2 aromatic rings. The number of hydrogen-bond acceptors (Lipinski definition) is 8. The average molecular weight is 659 g/mol. The third kappa shape index (κ3) is 8.26. The summed E-state index contributed by atoms with van der Waals surface area (Å²) in [7, 11) is 0. The van der Waals surface area contributed by atoms with Gasteiger partial charge in [-0.15, -0.1) is 35.3 Å². The van der Waals surface area contributed by atoms with Gasteiger partial charge in [0.05, 0.1) is 22.2 Å². The van der Waals surface area contributed by atoms with Crippen molar-refractivity contribution in [2.24, 2.45) is 5.73 Å². The van der Waals surface area contributed by atoms with Gasteiger partial charge in [-0.25, -0.2) is 9.36 Å². The standard InChI is InChI=1S/C27H30Cl2N4O5S3/c1-15-9-18(6-8-32(15)7-2-3-20(30)26(35)36)39-12-16-13-41-25-21(11-33(25)24(16)27(37)38)31-23(34)14-40-22-10-17(28)4-5-19(22)29/h4-6,8-10,20-21,25H,2-3,7,11-14,30H2,1H3,(H2-,31,34,35,36,37,38)/p+1/t20-,21-,25+/m0/s1. The van der Waals surface area contributed by atoms with Crippen LogP contribution in [0.1, 0.15) is 18.5 Å². The maximum absolute atomic E-state index is 12.6. The Morgan fingerprint density at radius 1 is 1.22 bits per heavy atom. The van der Waals surface area contributed by atoms with E-state index in [0.29, 0.717) is 53.2 Å². The first-order valence-corrected chi connectivity index (χ1v) is 16.6. The first-order chi connectivity index (χ1) is 19.5. The number of benzene rings is 1. The summed E-state index contributed by atoms with van der Waals surface area (Å²) in [6, 6.07) is 8.16. The summed E-state index contributed by atoms with van der Waals surface area (Å²) in [5.74, 6) is -0.783. The van der Waals surface area contributed by atoms with Gasteiger partial charge < -0.3 is 26.2 Å². The van der Waals surface area contributed by atoms with E-state index in [-0.39, 0.29) is 23.1 Å². The van der Waals surface area contributed by atoms with Gasteiger partial charge in [-0.1, -0.05) is 23.2 Å². The highest BCUT2D eigenvalue weighted by Crippen LogP contribution is 2.41. The molecule has 0 aliphatic carbocycles. The highest BCUT2D eigenvalue weighted by atomic mass is 35.5. The molecule has 0 saturated carbocycles. The molecule has 2 aliphatic rings. The van der Waals surface area contributed by atoms with Gasteiger partial charge >= 0.3 is 11.9 Å². The Morgan fingerprint density at radius 3 is 2.71 bits per heavy atom. The molecular formula is C27H31Cl2N4O5S3+. The molecule has 0 bridgehead atoms. The number of nitrogens with one attached hydrogen (secondary N) is 1. The van der Waals surface area contributed by atoms with E-state index in [1.165, 1.54) is 11.8 Å². The summed E-state index contributed by atoms with van der Waals surface area (Å²) in [5.41, 5.74) is 7.80. The maximum atomic E-state index is 12.6. The molecule has 41 heavy (non-hydrogen) atoms. The molecule has 0 spiro atoms. The van der Waals surface area contributed by atoms with E-state index in [0.717, 1.165) is 21.1 Å². The van der Waals surface area contributed by atoms with Crippen LogP contribution in [-0.2, 0) is 20.9 Å². The fourth-order valence-electron chi connectivity index (χ4n) is 4.58. The van der Waals surface area contributed by atoms with Crippen LogP contribution < -0.4 is 15.6 Å². The van der Waals surface area contributed by atoms with Crippen LogP contribution in [0.15, 0.2) is 57.6 Å². The predicted octanol–water partition coefficient (Wildman–Crippen LogP) is 3.88. The number of amides is 1. The topological polar surface area (TPSA) is 137 Å². The van der Waals surface area contributed by atoms with Gasteiger partial charge in [0.25, 0.3) is 0 Å². The molecule has 220 valence electrons. The number of rotatable bonds is 13. The number of nitrogens with two attached hydrogens (primary N) is 1. The molecule has 1 aromatic heterocycles. The molecular weight excluding hydrogens is 627 g/mol. The lowest BCUT2D eigenvalue weighted by Gasteiger charge is -2.52. The number of aryl methyl sites for hydroxylation is 2. The number of carboxylic acids is 2. The maximum Gasteiger partial charge on any atom is 0.352 e. The largest absolute Gasteiger partial charge is 0.480 e. The predicted molar refractivity (Wildman–Crippen MR) is 164 cm³/mol. The minimum absolute atomic E-state index is 0.120. The molecule has 9 nitrogen and oxygen atoms in total. The monoisotopic (exact) mass is 657 g/mol. The summed E-state index contributed by atoms with van der Waals surface area (Å²) < 4.78 is 2.05. The highest BCUT2D eigenvalue weighted by Gasteiger charge is 2.46. The molecule has 3 atom stereocenters. The van der Waals surface area contributed by atoms with Crippen molar-refractivity contribution in [2.45, 2.75) is 53.6 Å². The lowest BCUT2D eigenvalue weighted by atomic mass is 10.0. The van der Waals surface area contributed by atoms with E-state index in [9.17, 15) is 19.5 Å². The number of halogens is 2. The van der Waals surface area contributed by atoms with Crippen LogP contribution in [0.25, 0.3) is 0 Å². The van der Waals surface area contributed by atoms with E-state index in [1.54, 1.807) is 41.7 Å². The molecule has 2 aliphatic heterocycles. The zero-order valence-electron chi connectivity index (χ0n) is 22.2. The van der Waals surface area contributed by atoms with Gasteiger partial charge in [-0.2, -0.15) is 0 Å². The number of hydrogen-bond donors (Lipinski definition) is 4. The fourth-order valence-corrected chi connectivity index (χ4v) is 8.37. The third-order valence-corrected chi connectivity index (χ3v) is 11.0. The molecule has 1 fully saturated rings. The molecule has 4 rings (SSSR count). The summed E-state index contributed by atoms with van der Waals surface area (Å²) in [5, 5.41) is 22.9. The van der Waals surface area contributed by atoms with E-state index in [1.807, 2.05) is 30.2 Å². The summed E-state index contributed by atoms with van der Waals surface area (Å²) in [6.07, 6.45) is 3.02. The van der Waals surface area contributed by atoms with Crippen LogP contribution in [-0.4, -0.2) is 74.2 Å². The first-order valence-electron chi connectivity index (χ1n) is 12.9. The molecule has 1 saturated heterocycles. The Bertz CT molecular complexity index is 1360. The average Bonchev–Trinajstić information content (AvgIpc) is 2.91. The second kappa shape index (κ2) is 14.4. The van der Waals surface area contributed by atoms with E-state index in [2.05, 4.69) is 9.88 Å². The molecule has 1 amide bonds. The number of carboxylic acid groups (broad SMARTS) is 2. The lowest BCUT2D eigenvalue weighted by molar-refractivity contribution is -0.703. The molecule has 0 radical (unpaired) electrons. The van der Waals surface area contributed by atoms with Gasteiger partial charge in [0.15, 0.2) is 11.9 Å². The van der Waals surface area contributed by atoms with Crippen LogP contribution in [0.4, 0.5) is 0 Å². The Labute approximate surface area is 261 Å². The van der Waals surface area contributed by atoms with Gasteiger partial charge in [0.2, 0.25) is 5.91 Å². The number of aromatic nitrogens is 1. The van der Waals surface area contributed by atoms with Crippen LogP contribution in [0.3, 0.4) is 0 Å². The first kappa shape index (κ1) is 31.8. The van der Waals surface area contributed by atoms with Crippen LogP contribution in [0.5, 0.6) is 0 Å². The molecule has 14 heteroatoms. The summed E-state index contributed by atoms with van der Waals surface area (Å²) in [4.78, 5) is 39.3. The van der Waals surface area contributed by atoms with Crippen molar-refractivity contribution >= 4 is 76.3 Å². The van der Waals surface area contributed by atoms with Crippen molar-refractivity contribution in [3.8, 4) is 0 Å². The number of pyridine rings is 1. The number of fused-ring (bicyclic) bond motifs is 1. The molecule has 0 unspecified atom stereocenters. The number of carbonyl (C=O) groups is 3. The Kier molecular flexibility index (Phi) is 11.2. The third-order valence-electron chi connectivity index (χ3n) is 6.76. The zero-order chi connectivity index (χ0) is 29.7. The Hall–Kier alpha value is -2.09. The Balaban J connectivity index is 1.29. The summed E-state index contributed by atoms with van der Waals surface area (Å²) >= 11 is 16.7. The van der Waals surface area contributed by atoms with E-state index in [4.69, 9.17) is 34.0 Å². The molecule has 5 N–H and O–H groups in total. The highest BCUT2D eigenvalue weighted by molar-refractivity contribution is 8.01. The number of nitrogens with zero attached hydrogens (tertiary/aromatic N) is 2. The van der Waals surface area contributed by atoms with Gasteiger partial charge in [0, 0.05) is 58.3 Å². The number of aliphatic carboxylic acids is 2. The van der Waals surface area contributed by atoms with Crippen molar-refractivity contribution in [1.29, 1.82) is 0 Å². The second-order valence-corrected chi connectivity index (χ2v) is 13.7. The van der Waals surface area contributed by atoms with Crippen LogP contribution in [0.2, 0.25) is 10.0 Å². The number of thioether (sulfide) groups is 3. The second-order valence-electron chi connectivity index (χ2n) is 9.72. The van der Waals surface area contributed by atoms with Gasteiger partial charge in [0.1, 0.15) is 18.3 Å². The van der Waals surface area contributed by atoms with Crippen LogP contribution >= 0.6 is 58.5 Å². The van der Waals surface area contributed by atoms with Gasteiger partial charge in [-0.3, -0.25) is 9.59 Å². The smallest absolute Gasteiger partial charge is 0.352 e. The lowest BCUT2D eigenvalue weighted by Crippen LogP contribution is -2.66. The SMILES string of the molecule is Cc1cc(SCC2=C(C(=O)O)N3C[C@H](NC(=O)CSc4cc(Cl)ccc4Cl)[C@H]3SC2)cc[n+]1CCC[C@H](N)C(=O)O. The van der Waals surface area contributed by atoms with Crippen molar-refractivity contribution in [1.82, 2.24) is 10.2 Å².